The lowest BCUT2D eigenvalue weighted by Crippen LogP contribution is -2.19. The Hall–Kier alpha value is -0.890. The van der Waals surface area contributed by atoms with Gasteiger partial charge in [0, 0.05) is 6.04 Å². The Balaban J connectivity index is 2.46. The van der Waals surface area contributed by atoms with Crippen molar-refractivity contribution in [3.8, 4) is 0 Å². The van der Waals surface area contributed by atoms with Crippen LogP contribution >= 0.6 is 0 Å². The van der Waals surface area contributed by atoms with Crippen molar-refractivity contribution < 1.29 is 4.39 Å². The molecule has 0 saturated carbocycles. The highest BCUT2D eigenvalue weighted by Crippen LogP contribution is 2.16. The van der Waals surface area contributed by atoms with Crippen LogP contribution in [-0.2, 0) is 0 Å². The van der Waals surface area contributed by atoms with Crippen molar-refractivity contribution in [2.75, 3.05) is 6.54 Å². The zero-order valence-corrected chi connectivity index (χ0v) is 10.5. The molecule has 0 amide bonds. The summed E-state index contributed by atoms with van der Waals surface area (Å²) in [5, 5.41) is 3.41. The molecule has 0 fully saturated rings. The zero-order chi connectivity index (χ0) is 12.0. The summed E-state index contributed by atoms with van der Waals surface area (Å²) in [6.45, 7) is 7.07. The monoisotopic (exact) mass is 223 g/mol. The van der Waals surface area contributed by atoms with Gasteiger partial charge in [-0.05, 0) is 44.0 Å². The van der Waals surface area contributed by atoms with Crippen LogP contribution in [0.2, 0.25) is 0 Å². The number of nitrogens with one attached hydrogen (secondary N) is 1. The Morgan fingerprint density at radius 2 is 2.06 bits per heavy atom. The summed E-state index contributed by atoms with van der Waals surface area (Å²) in [6, 6.07) is 5.70. The van der Waals surface area contributed by atoms with Gasteiger partial charge in [-0.2, -0.15) is 0 Å². The number of aryl methyl sites for hydroxylation is 1. The van der Waals surface area contributed by atoms with Crippen LogP contribution in [0.1, 0.15) is 50.3 Å². The molecule has 0 saturated heterocycles. The highest BCUT2D eigenvalue weighted by molar-refractivity contribution is 5.25. The molecule has 0 bridgehead atoms. The van der Waals surface area contributed by atoms with Crippen molar-refractivity contribution in [3.63, 3.8) is 0 Å². The maximum atomic E-state index is 13.4. The average Bonchev–Trinajstić information content (AvgIpc) is 2.28. The standard InChI is InChI=1S/C14H22FN/c1-4-5-6-9-16-12(3)13-8-7-11(2)14(15)10-13/h7-8,10,12,16H,4-6,9H2,1-3H3. The molecule has 0 radical (unpaired) electrons. The van der Waals surface area contributed by atoms with Gasteiger partial charge in [-0.1, -0.05) is 31.9 Å². The maximum Gasteiger partial charge on any atom is 0.126 e. The molecule has 1 unspecified atom stereocenters. The highest BCUT2D eigenvalue weighted by atomic mass is 19.1. The molecule has 0 spiro atoms. The Labute approximate surface area is 98.1 Å². The van der Waals surface area contributed by atoms with Crippen LogP contribution < -0.4 is 5.32 Å². The summed E-state index contributed by atoms with van der Waals surface area (Å²) in [4.78, 5) is 0. The molecule has 1 nitrogen and oxygen atoms in total. The first-order valence-corrected chi connectivity index (χ1v) is 6.14. The zero-order valence-electron chi connectivity index (χ0n) is 10.5. The van der Waals surface area contributed by atoms with Gasteiger partial charge in [0.1, 0.15) is 5.82 Å². The molecule has 90 valence electrons. The van der Waals surface area contributed by atoms with Crippen molar-refractivity contribution in [2.24, 2.45) is 0 Å². The summed E-state index contributed by atoms with van der Waals surface area (Å²) in [6.07, 6.45) is 3.67. The molecule has 1 atom stereocenters. The van der Waals surface area contributed by atoms with Crippen LogP contribution in [0.5, 0.6) is 0 Å². The van der Waals surface area contributed by atoms with Gasteiger partial charge in [0.2, 0.25) is 0 Å². The lowest BCUT2D eigenvalue weighted by atomic mass is 10.1. The molecular weight excluding hydrogens is 201 g/mol. The van der Waals surface area contributed by atoms with E-state index in [2.05, 4.69) is 19.2 Å². The Morgan fingerprint density at radius 3 is 2.69 bits per heavy atom. The second-order valence-electron chi connectivity index (χ2n) is 4.39. The van der Waals surface area contributed by atoms with Crippen LogP contribution in [0, 0.1) is 12.7 Å². The minimum Gasteiger partial charge on any atom is -0.310 e. The van der Waals surface area contributed by atoms with Gasteiger partial charge in [-0.15, -0.1) is 0 Å². The molecule has 1 N–H and O–H groups in total. The topological polar surface area (TPSA) is 12.0 Å². The SMILES string of the molecule is CCCCCNC(C)c1ccc(C)c(F)c1. The molecule has 0 aromatic heterocycles. The number of unbranched alkanes of at least 4 members (excludes halogenated alkanes) is 2. The van der Waals surface area contributed by atoms with Gasteiger partial charge in [0.15, 0.2) is 0 Å². The van der Waals surface area contributed by atoms with Crippen LogP contribution in [-0.4, -0.2) is 6.54 Å². The molecule has 2 heteroatoms. The Kier molecular flexibility index (Phi) is 5.47. The second-order valence-corrected chi connectivity index (χ2v) is 4.39. The first-order chi connectivity index (χ1) is 7.65. The van der Waals surface area contributed by atoms with E-state index in [0.717, 1.165) is 12.1 Å². The number of rotatable bonds is 6. The summed E-state index contributed by atoms with van der Waals surface area (Å²) < 4.78 is 13.4. The molecule has 0 aliphatic rings. The molecule has 0 aliphatic heterocycles. The van der Waals surface area contributed by atoms with Crippen molar-refractivity contribution in [2.45, 2.75) is 46.1 Å². The van der Waals surface area contributed by atoms with E-state index >= 15 is 0 Å². The number of hydrogen-bond donors (Lipinski definition) is 1. The van der Waals surface area contributed by atoms with Crippen LogP contribution in [0.4, 0.5) is 4.39 Å². The van der Waals surface area contributed by atoms with E-state index in [-0.39, 0.29) is 11.9 Å². The highest BCUT2D eigenvalue weighted by Gasteiger charge is 2.06. The van der Waals surface area contributed by atoms with Gasteiger partial charge in [0.25, 0.3) is 0 Å². The molecule has 16 heavy (non-hydrogen) atoms. The minimum atomic E-state index is -0.111. The van der Waals surface area contributed by atoms with Crippen molar-refractivity contribution in [1.82, 2.24) is 5.32 Å². The fourth-order valence-electron chi connectivity index (χ4n) is 1.69. The Bertz CT molecular complexity index is 323. The normalized spacial score (nSPS) is 12.8. The fraction of sp³-hybridized carbons (Fsp3) is 0.571. The third-order valence-electron chi connectivity index (χ3n) is 2.93. The van der Waals surface area contributed by atoms with E-state index in [9.17, 15) is 4.39 Å². The molecule has 0 aliphatic carbocycles. The third kappa shape index (κ3) is 3.93. The number of hydrogen-bond acceptors (Lipinski definition) is 1. The van der Waals surface area contributed by atoms with E-state index in [1.54, 1.807) is 13.0 Å². The van der Waals surface area contributed by atoms with Crippen molar-refractivity contribution in [1.29, 1.82) is 0 Å². The third-order valence-corrected chi connectivity index (χ3v) is 2.93. The largest absolute Gasteiger partial charge is 0.310 e. The van der Waals surface area contributed by atoms with Gasteiger partial charge < -0.3 is 5.32 Å². The second kappa shape index (κ2) is 6.64. The van der Waals surface area contributed by atoms with Crippen LogP contribution in [0.25, 0.3) is 0 Å². The molecule has 1 rings (SSSR count). The van der Waals surface area contributed by atoms with E-state index < -0.39 is 0 Å². The fourth-order valence-corrected chi connectivity index (χ4v) is 1.69. The molecule has 1 aromatic carbocycles. The first-order valence-electron chi connectivity index (χ1n) is 6.14. The summed E-state index contributed by atoms with van der Waals surface area (Å²) in [5.41, 5.74) is 1.74. The average molecular weight is 223 g/mol. The van der Waals surface area contributed by atoms with Crippen molar-refractivity contribution >= 4 is 0 Å². The summed E-state index contributed by atoms with van der Waals surface area (Å²) >= 11 is 0. The van der Waals surface area contributed by atoms with Gasteiger partial charge in [-0.3, -0.25) is 0 Å². The van der Waals surface area contributed by atoms with Gasteiger partial charge >= 0.3 is 0 Å². The predicted molar refractivity (Wildman–Crippen MR) is 67.1 cm³/mol. The first kappa shape index (κ1) is 13.2. The van der Waals surface area contributed by atoms with E-state index in [1.165, 1.54) is 19.3 Å². The molecule has 0 heterocycles. The number of benzene rings is 1. The van der Waals surface area contributed by atoms with Gasteiger partial charge in [0.05, 0.1) is 0 Å². The lowest BCUT2D eigenvalue weighted by Gasteiger charge is -2.14. The summed E-state index contributed by atoms with van der Waals surface area (Å²) in [5.74, 6) is -0.111. The van der Waals surface area contributed by atoms with E-state index in [1.807, 2.05) is 12.1 Å². The van der Waals surface area contributed by atoms with E-state index in [0.29, 0.717) is 5.56 Å². The van der Waals surface area contributed by atoms with E-state index in [4.69, 9.17) is 0 Å². The van der Waals surface area contributed by atoms with Crippen LogP contribution in [0.3, 0.4) is 0 Å². The molecular formula is C14H22FN. The number of halogens is 1. The summed E-state index contributed by atoms with van der Waals surface area (Å²) in [7, 11) is 0. The molecule has 1 aromatic rings. The maximum absolute atomic E-state index is 13.4. The van der Waals surface area contributed by atoms with Crippen molar-refractivity contribution in [3.05, 3.63) is 35.1 Å². The predicted octanol–water partition coefficient (Wildman–Crippen LogP) is 3.97. The lowest BCUT2D eigenvalue weighted by molar-refractivity contribution is 0.538. The quantitative estimate of drug-likeness (QED) is 0.719. The minimum absolute atomic E-state index is 0.111. The van der Waals surface area contributed by atoms with Crippen LogP contribution in [0.15, 0.2) is 18.2 Å². The smallest absolute Gasteiger partial charge is 0.126 e. The van der Waals surface area contributed by atoms with Gasteiger partial charge in [-0.25, -0.2) is 4.39 Å². The Morgan fingerprint density at radius 1 is 1.31 bits per heavy atom.